The molecule has 5 nitrogen and oxygen atoms in total. The molecule has 3 rings (SSSR count). The SMILES string of the molecule is COc1cc2ncnc(Nc3cccc(C)c3)c2cc1O. The second-order valence-corrected chi connectivity index (χ2v) is 4.76. The maximum atomic E-state index is 9.93. The van der Waals surface area contributed by atoms with E-state index >= 15 is 0 Å². The minimum absolute atomic E-state index is 0.0621. The summed E-state index contributed by atoms with van der Waals surface area (Å²) in [6, 6.07) is 11.3. The van der Waals surface area contributed by atoms with Crippen molar-refractivity contribution in [2.24, 2.45) is 0 Å². The molecule has 1 heterocycles. The van der Waals surface area contributed by atoms with E-state index in [9.17, 15) is 5.11 Å². The Hall–Kier alpha value is -2.82. The smallest absolute Gasteiger partial charge is 0.162 e. The molecule has 0 saturated carbocycles. The molecule has 0 spiro atoms. The Bertz CT molecular complexity index is 803. The average Bonchev–Trinajstić information content (AvgIpc) is 2.47. The molecule has 21 heavy (non-hydrogen) atoms. The number of phenolic OH excluding ortho intramolecular Hbond substituents is 1. The summed E-state index contributed by atoms with van der Waals surface area (Å²) < 4.78 is 5.10. The molecular formula is C16H15N3O2. The van der Waals surface area contributed by atoms with Crippen molar-refractivity contribution in [1.29, 1.82) is 0 Å². The summed E-state index contributed by atoms with van der Waals surface area (Å²) in [7, 11) is 1.51. The Morgan fingerprint density at radius 3 is 2.76 bits per heavy atom. The van der Waals surface area contributed by atoms with Gasteiger partial charge < -0.3 is 15.2 Å². The van der Waals surface area contributed by atoms with E-state index in [4.69, 9.17) is 4.74 Å². The summed E-state index contributed by atoms with van der Waals surface area (Å²) in [5.74, 6) is 1.10. The fourth-order valence-electron chi connectivity index (χ4n) is 2.20. The van der Waals surface area contributed by atoms with Gasteiger partial charge in [-0.2, -0.15) is 0 Å². The van der Waals surface area contributed by atoms with Crippen LogP contribution < -0.4 is 10.1 Å². The van der Waals surface area contributed by atoms with Crippen molar-refractivity contribution < 1.29 is 9.84 Å². The van der Waals surface area contributed by atoms with E-state index in [1.807, 2.05) is 31.2 Å². The number of benzene rings is 2. The summed E-state index contributed by atoms with van der Waals surface area (Å²) in [6.07, 6.45) is 1.48. The lowest BCUT2D eigenvalue weighted by Crippen LogP contribution is -1.96. The first kappa shape index (κ1) is 13.2. The number of aromatic hydroxyl groups is 1. The number of nitrogens with one attached hydrogen (secondary N) is 1. The van der Waals surface area contributed by atoms with Gasteiger partial charge in [-0.05, 0) is 30.7 Å². The van der Waals surface area contributed by atoms with E-state index in [0.717, 1.165) is 16.6 Å². The summed E-state index contributed by atoms with van der Waals surface area (Å²) >= 11 is 0. The third-order valence-electron chi connectivity index (χ3n) is 3.22. The number of hydrogen-bond acceptors (Lipinski definition) is 5. The number of aromatic nitrogens is 2. The predicted molar refractivity (Wildman–Crippen MR) is 82.2 cm³/mol. The predicted octanol–water partition coefficient (Wildman–Crippen LogP) is 3.40. The van der Waals surface area contributed by atoms with Gasteiger partial charge in [0.1, 0.15) is 12.1 Å². The lowest BCUT2D eigenvalue weighted by Gasteiger charge is -2.10. The number of methoxy groups -OCH3 is 1. The van der Waals surface area contributed by atoms with Crippen molar-refractivity contribution in [3.8, 4) is 11.5 Å². The number of aryl methyl sites for hydroxylation is 1. The molecule has 0 unspecified atom stereocenters. The zero-order valence-corrected chi connectivity index (χ0v) is 11.8. The van der Waals surface area contributed by atoms with E-state index in [-0.39, 0.29) is 5.75 Å². The number of ether oxygens (including phenoxy) is 1. The van der Waals surface area contributed by atoms with Gasteiger partial charge in [-0.3, -0.25) is 0 Å². The molecular weight excluding hydrogens is 266 g/mol. The normalized spacial score (nSPS) is 10.6. The molecule has 0 aliphatic rings. The Labute approximate surface area is 122 Å². The van der Waals surface area contributed by atoms with Crippen LogP contribution in [0.25, 0.3) is 10.9 Å². The minimum atomic E-state index is 0.0621. The molecule has 0 radical (unpaired) electrons. The van der Waals surface area contributed by atoms with Gasteiger partial charge in [0, 0.05) is 17.1 Å². The quantitative estimate of drug-likeness (QED) is 0.770. The third-order valence-corrected chi connectivity index (χ3v) is 3.22. The van der Waals surface area contributed by atoms with Crippen LogP contribution in [0, 0.1) is 6.92 Å². The second-order valence-electron chi connectivity index (χ2n) is 4.76. The van der Waals surface area contributed by atoms with Crippen LogP contribution in [0.5, 0.6) is 11.5 Å². The second kappa shape index (κ2) is 5.28. The van der Waals surface area contributed by atoms with Crippen molar-refractivity contribution in [2.75, 3.05) is 12.4 Å². The van der Waals surface area contributed by atoms with Crippen LogP contribution >= 0.6 is 0 Å². The van der Waals surface area contributed by atoms with Gasteiger partial charge in [0.25, 0.3) is 0 Å². The first-order valence-electron chi connectivity index (χ1n) is 6.53. The van der Waals surface area contributed by atoms with Crippen molar-refractivity contribution in [3.05, 3.63) is 48.3 Å². The van der Waals surface area contributed by atoms with Gasteiger partial charge >= 0.3 is 0 Å². The molecule has 0 amide bonds. The average molecular weight is 281 g/mol. The molecule has 5 heteroatoms. The Kier molecular flexibility index (Phi) is 3.31. The Morgan fingerprint density at radius 2 is 2.00 bits per heavy atom. The Morgan fingerprint density at radius 1 is 1.14 bits per heavy atom. The topological polar surface area (TPSA) is 67.3 Å². The third kappa shape index (κ3) is 2.58. The van der Waals surface area contributed by atoms with Crippen LogP contribution in [0.1, 0.15) is 5.56 Å². The van der Waals surface area contributed by atoms with Crippen LogP contribution in [0.15, 0.2) is 42.7 Å². The lowest BCUT2D eigenvalue weighted by atomic mass is 10.2. The number of fused-ring (bicyclic) bond motifs is 1. The molecule has 0 aliphatic heterocycles. The van der Waals surface area contributed by atoms with Gasteiger partial charge in [-0.1, -0.05) is 12.1 Å². The molecule has 2 aromatic carbocycles. The molecule has 1 aromatic heterocycles. The van der Waals surface area contributed by atoms with Crippen molar-refractivity contribution in [2.45, 2.75) is 6.92 Å². The summed E-state index contributed by atoms with van der Waals surface area (Å²) in [5, 5.41) is 13.9. The maximum Gasteiger partial charge on any atom is 0.162 e. The molecule has 0 aliphatic carbocycles. The van der Waals surface area contributed by atoms with Crippen molar-refractivity contribution in [1.82, 2.24) is 9.97 Å². The largest absolute Gasteiger partial charge is 0.504 e. The number of phenols is 1. The zero-order chi connectivity index (χ0) is 14.8. The van der Waals surface area contributed by atoms with Crippen molar-refractivity contribution in [3.63, 3.8) is 0 Å². The van der Waals surface area contributed by atoms with Gasteiger partial charge in [-0.25, -0.2) is 9.97 Å². The summed E-state index contributed by atoms with van der Waals surface area (Å²) in [4.78, 5) is 8.46. The molecule has 106 valence electrons. The molecule has 0 fully saturated rings. The zero-order valence-electron chi connectivity index (χ0n) is 11.8. The highest BCUT2D eigenvalue weighted by Gasteiger charge is 2.09. The van der Waals surface area contributed by atoms with E-state index < -0.39 is 0 Å². The molecule has 3 aromatic rings. The molecule has 0 saturated heterocycles. The Balaban J connectivity index is 2.08. The number of anilines is 2. The highest BCUT2D eigenvalue weighted by atomic mass is 16.5. The van der Waals surface area contributed by atoms with E-state index in [0.29, 0.717) is 17.1 Å². The van der Waals surface area contributed by atoms with Crippen LogP contribution in [-0.2, 0) is 0 Å². The van der Waals surface area contributed by atoms with Crippen LogP contribution in [0.3, 0.4) is 0 Å². The first-order valence-corrected chi connectivity index (χ1v) is 6.53. The van der Waals surface area contributed by atoms with Gasteiger partial charge in [0.2, 0.25) is 0 Å². The molecule has 0 atom stereocenters. The number of nitrogens with zero attached hydrogens (tertiary/aromatic N) is 2. The summed E-state index contributed by atoms with van der Waals surface area (Å²) in [6.45, 7) is 2.03. The maximum absolute atomic E-state index is 9.93. The summed E-state index contributed by atoms with van der Waals surface area (Å²) in [5.41, 5.74) is 2.79. The lowest BCUT2D eigenvalue weighted by molar-refractivity contribution is 0.374. The van der Waals surface area contributed by atoms with Crippen LogP contribution in [0.4, 0.5) is 11.5 Å². The minimum Gasteiger partial charge on any atom is -0.504 e. The fraction of sp³-hybridized carbons (Fsp3) is 0.125. The highest BCUT2D eigenvalue weighted by Crippen LogP contribution is 2.33. The van der Waals surface area contributed by atoms with E-state index in [1.54, 1.807) is 12.1 Å². The first-order chi connectivity index (χ1) is 10.2. The fourth-order valence-corrected chi connectivity index (χ4v) is 2.20. The van der Waals surface area contributed by atoms with Crippen LogP contribution in [0.2, 0.25) is 0 Å². The van der Waals surface area contributed by atoms with Gasteiger partial charge in [0.05, 0.1) is 12.6 Å². The van der Waals surface area contributed by atoms with E-state index in [2.05, 4.69) is 15.3 Å². The number of hydrogen-bond donors (Lipinski definition) is 2. The molecule has 0 bridgehead atoms. The monoisotopic (exact) mass is 281 g/mol. The van der Waals surface area contributed by atoms with Gasteiger partial charge in [0.15, 0.2) is 11.5 Å². The van der Waals surface area contributed by atoms with Crippen molar-refractivity contribution >= 4 is 22.4 Å². The molecule has 2 N–H and O–H groups in total. The van der Waals surface area contributed by atoms with Gasteiger partial charge in [-0.15, -0.1) is 0 Å². The van der Waals surface area contributed by atoms with Crippen LogP contribution in [-0.4, -0.2) is 22.2 Å². The standard InChI is InChI=1S/C16H15N3O2/c1-10-4-3-5-11(6-10)19-16-12-7-14(20)15(21-2)8-13(12)17-9-18-16/h3-9,20H,1-2H3,(H,17,18,19). The highest BCUT2D eigenvalue weighted by molar-refractivity contribution is 5.92. The van der Waals surface area contributed by atoms with E-state index in [1.165, 1.54) is 13.4 Å². The number of rotatable bonds is 3.